The number of ether oxygens (including phenoxy) is 1. The first kappa shape index (κ1) is 11.9. The van der Waals surface area contributed by atoms with Crippen LogP contribution in [0, 0.1) is 0 Å². The van der Waals surface area contributed by atoms with Gasteiger partial charge >= 0.3 is 0 Å². The molecule has 0 saturated heterocycles. The molecule has 0 aliphatic carbocycles. The maximum Gasteiger partial charge on any atom is 0.123 e. The van der Waals surface area contributed by atoms with Gasteiger partial charge in [-0.2, -0.15) is 0 Å². The SMILES string of the molecule is c1ccc(COc2ccnc(-c3cccs3)c2)cc1. The fraction of sp³-hybridized carbons (Fsp3) is 0.0625. The lowest BCUT2D eigenvalue weighted by Gasteiger charge is -2.07. The summed E-state index contributed by atoms with van der Waals surface area (Å²) in [6.45, 7) is 0.578. The van der Waals surface area contributed by atoms with Crippen molar-refractivity contribution in [2.45, 2.75) is 6.61 Å². The molecule has 0 unspecified atom stereocenters. The molecule has 0 spiro atoms. The molecule has 2 heterocycles. The van der Waals surface area contributed by atoms with Gasteiger partial charge in [0.05, 0.1) is 10.6 Å². The highest BCUT2D eigenvalue weighted by Gasteiger charge is 2.02. The van der Waals surface area contributed by atoms with Crippen molar-refractivity contribution in [1.82, 2.24) is 4.98 Å². The van der Waals surface area contributed by atoms with Crippen LogP contribution in [0.2, 0.25) is 0 Å². The maximum atomic E-state index is 5.80. The van der Waals surface area contributed by atoms with Gasteiger partial charge in [-0.3, -0.25) is 4.98 Å². The Morgan fingerprint density at radius 1 is 1.00 bits per heavy atom. The molecule has 0 aliphatic heterocycles. The molecule has 0 atom stereocenters. The van der Waals surface area contributed by atoms with Crippen LogP contribution in [0.3, 0.4) is 0 Å². The topological polar surface area (TPSA) is 22.1 Å². The minimum atomic E-state index is 0.578. The van der Waals surface area contributed by atoms with Crippen LogP contribution in [0.5, 0.6) is 5.75 Å². The first-order valence-electron chi connectivity index (χ1n) is 6.08. The lowest BCUT2D eigenvalue weighted by Crippen LogP contribution is -1.95. The Bertz CT molecular complexity index is 635. The van der Waals surface area contributed by atoms with E-state index in [1.807, 2.05) is 36.4 Å². The summed E-state index contributed by atoms with van der Waals surface area (Å²) < 4.78 is 5.80. The number of pyridine rings is 1. The van der Waals surface area contributed by atoms with E-state index in [9.17, 15) is 0 Å². The molecule has 0 N–H and O–H groups in total. The standard InChI is InChI=1S/C16H13NOS/c1-2-5-13(6-3-1)12-18-14-8-9-17-15(11-14)16-7-4-10-19-16/h1-11H,12H2. The Balaban J connectivity index is 1.74. The minimum Gasteiger partial charge on any atom is -0.489 e. The predicted molar refractivity (Wildman–Crippen MR) is 78.3 cm³/mol. The average molecular weight is 267 g/mol. The van der Waals surface area contributed by atoms with Crippen molar-refractivity contribution in [2.24, 2.45) is 0 Å². The highest BCUT2D eigenvalue weighted by molar-refractivity contribution is 7.13. The summed E-state index contributed by atoms with van der Waals surface area (Å²) in [5.41, 5.74) is 2.12. The lowest BCUT2D eigenvalue weighted by molar-refractivity contribution is 0.306. The molecule has 0 radical (unpaired) electrons. The van der Waals surface area contributed by atoms with Gasteiger partial charge < -0.3 is 4.74 Å². The molecular weight excluding hydrogens is 254 g/mol. The van der Waals surface area contributed by atoms with Gasteiger partial charge in [-0.15, -0.1) is 11.3 Å². The second kappa shape index (κ2) is 5.67. The number of thiophene rings is 1. The summed E-state index contributed by atoms with van der Waals surface area (Å²) in [6.07, 6.45) is 1.79. The summed E-state index contributed by atoms with van der Waals surface area (Å²) in [5.74, 6) is 0.849. The minimum absolute atomic E-state index is 0.578. The quantitative estimate of drug-likeness (QED) is 0.699. The van der Waals surface area contributed by atoms with Crippen molar-refractivity contribution in [3.63, 3.8) is 0 Å². The molecule has 0 saturated carbocycles. The Kier molecular flexibility index (Phi) is 3.56. The van der Waals surface area contributed by atoms with Gasteiger partial charge in [0, 0.05) is 12.3 Å². The number of nitrogens with zero attached hydrogens (tertiary/aromatic N) is 1. The van der Waals surface area contributed by atoms with E-state index in [-0.39, 0.29) is 0 Å². The Labute approximate surface area is 116 Å². The average Bonchev–Trinajstić information content (AvgIpc) is 3.01. The zero-order valence-electron chi connectivity index (χ0n) is 10.3. The molecule has 0 fully saturated rings. The molecule has 0 bridgehead atoms. The second-order valence-corrected chi connectivity index (χ2v) is 5.08. The Hall–Kier alpha value is -2.13. The summed E-state index contributed by atoms with van der Waals surface area (Å²) in [7, 11) is 0. The number of hydrogen-bond donors (Lipinski definition) is 0. The van der Waals surface area contributed by atoms with Gasteiger partial charge in [0.15, 0.2) is 0 Å². The summed E-state index contributed by atoms with van der Waals surface area (Å²) in [6, 6.07) is 18.1. The van der Waals surface area contributed by atoms with Gasteiger partial charge in [-0.25, -0.2) is 0 Å². The van der Waals surface area contributed by atoms with Crippen LogP contribution in [0.4, 0.5) is 0 Å². The maximum absolute atomic E-state index is 5.80. The largest absolute Gasteiger partial charge is 0.489 e. The number of benzene rings is 1. The normalized spacial score (nSPS) is 10.3. The molecule has 1 aromatic carbocycles. The van der Waals surface area contributed by atoms with Crippen LogP contribution in [-0.4, -0.2) is 4.98 Å². The van der Waals surface area contributed by atoms with Crippen LogP contribution in [0.1, 0.15) is 5.56 Å². The molecule has 3 rings (SSSR count). The van der Waals surface area contributed by atoms with Gasteiger partial charge in [-0.05, 0) is 23.1 Å². The van der Waals surface area contributed by atoms with E-state index in [2.05, 4.69) is 28.6 Å². The fourth-order valence-corrected chi connectivity index (χ4v) is 2.49. The molecule has 2 aromatic heterocycles. The van der Waals surface area contributed by atoms with Crippen molar-refractivity contribution < 1.29 is 4.74 Å². The first-order chi connectivity index (χ1) is 9.42. The van der Waals surface area contributed by atoms with E-state index in [1.54, 1.807) is 17.5 Å². The molecule has 94 valence electrons. The van der Waals surface area contributed by atoms with Crippen molar-refractivity contribution >= 4 is 11.3 Å². The van der Waals surface area contributed by atoms with E-state index in [1.165, 1.54) is 0 Å². The summed E-state index contributed by atoms with van der Waals surface area (Å²) in [5, 5.41) is 2.05. The predicted octanol–water partition coefficient (Wildman–Crippen LogP) is 4.39. The van der Waals surface area contributed by atoms with E-state index < -0.39 is 0 Å². The van der Waals surface area contributed by atoms with Gasteiger partial charge in [0.1, 0.15) is 12.4 Å². The number of aromatic nitrogens is 1. The van der Waals surface area contributed by atoms with Gasteiger partial charge in [0.2, 0.25) is 0 Å². The molecule has 0 aliphatic rings. The van der Waals surface area contributed by atoms with E-state index in [0.29, 0.717) is 6.61 Å². The molecule has 19 heavy (non-hydrogen) atoms. The van der Waals surface area contributed by atoms with Crippen LogP contribution in [0.25, 0.3) is 10.6 Å². The summed E-state index contributed by atoms with van der Waals surface area (Å²) in [4.78, 5) is 5.52. The van der Waals surface area contributed by atoms with Crippen LogP contribution >= 0.6 is 11.3 Å². The smallest absolute Gasteiger partial charge is 0.123 e. The molecular formula is C16H13NOS. The van der Waals surface area contributed by atoms with Crippen LogP contribution in [0.15, 0.2) is 66.2 Å². The first-order valence-corrected chi connectivity index (χ1v) is 6.96. The Morgan fingerprint density at radius 3 is 2.68 bits per heavy atom. The van der Waals surface area contributed by atoms with Crippen molar-refractivity contribution in [3.05, 3.63) is 71.7 Å². The highest BCUT2D eigenvalue weighted by Crippen LogP contribution is 2.25. The monoisotopic (exact) mass is 267 g/mol. The molecule has 2 nitrogen and oxygen atoms in total. The third-order valence-electron chi connectivity index (χ3n) is 2.75. The zero-order chi connectivity index (χ0) is 12.9. The Morgan fingerprint density at radius 2 is 1.89 bits per heavy atom. The third-order valence-corrected chi connectivity index (χ3v) is 3.65. The lowest BCUT2D eigenvalue weighted by atomic mass is 10.2. The zero-order valence-corrected chi connectivity index (χ0v) is 11.1. The van der Waals surface area contributed by atoms with E-state index >= 15 is 0 Å². The van der Waals surface area contributed by atoms with Gasteiger partial charge in [0.25, 0.3) is 0 Å². The molecule has 3 heteroatoms. The molecule has 3 aromatic rings. The third kappa shape index (κ3) is 3.01. The molecule has 0 amide bonds. The van der Waals surface area contributed by atoms with Crippen molar-refractivity contribution in [2.75, 3.05) is 0 Å². The van der Waals surface area contributed by atoms with E-state index in [0.717, 1.165) is 21.9 Å². The second-order valence-electron chi connectivity index (χ2n) is 4.13. The van der Waals surface area contributed by atoms with Crippen LogP contribution in [-0.2, 0) is 6.61 Å². The fourth-order valence-electron chi connectivity index (χ4n) is 1.80. The van der Waals surface area contributed by atoms with Crippen LogP contribution < -0.4 is 4.74 Å². The highest BCUT2D eigenvalue weighted by atomic mass is 32.1. The van der Waals surface area contributed by atoms with Crippen molar-refractivity contribution in [1.29, 1.82) is 0 Å². The van der Waals surface area contributed by atoms with Gasteiger partial charge in [-0.1, -0.05) is 36.4 Å². The number of hydrogen-bond acceptors (Lipinski definition) is 3. The van der Waals surface area contributed by atoms with E-state index in [4.69, 9.17) is 4.74 Å². The summed E-state index contributed by atoms with van der Waals surface area (Å²) >= 11 is 1.68. The number of rotatable bonds is 4. The van der Waals surface area contributed by atoms with Crippen molar-refractivity contribution in [3.8, 4) is 16.3 Å².